The van der Waals surface area contributed by atoms with Gasteiger partial charge in [-0.25, -0.2) is 9.59 Å². The normalized spacial score (nSPS) is 16.9. The fourth-order valence-corrected chi connectivity index (χ4v) is 4.84. The van der Waals surface area contributed by atoms with E-state index in [-0.39, 0.29) is 5.91 Å². The number of carboxylic acid groups (broad SMARTS) is 2. The number of rotatable bonds is 8. The number of carboxylic acids is 2. The molecule has 11 heteroatoms. The number of aliphatic hydroxyl groups excluding tert-OH is 1. The van der Waals surface area contributed by atoms with Gasteiger partial charge in [0.2, 0.25) is 5.75 Å². The van der Waals surface area contributed by atoms with Crippen molar-refractivity contribution in [2.24, 2.45) is 0 Å². The maximum absolute atomic E-state index is 13.1. The molecule has 1 aliphatic heterocycles. The van der Waals surface area contributed by atoms with Crippen LogP contribution in [0.15, 0.2) is 42.5 Å². The average Bonchev–Trinajstić information content (AvgIpc) is 2.95. The van der Waals surface area contributed by atoms with Crippen molar-refractivity contribution in [3.05, 3.63) is 64.7 Å². The fraction of sp³-hybridized carbons (Fsp3) is 0.414. The van der Waals surface area contributed by atoms with E-state index in [1.165, 1.54) is 0 Å². The molecule has 1 atom stereocenters. The summed E-state index contributed by atoms with van der Waals surface area (Å²) in [4.78, 5) is 36.4. The van der Waals surface area contributed by atoms with E-state index in [0.29, 0.717) is 42.5 Å². The van der Waals surface area contributed by atoms with Crippen LogP contribution in [0.4, 0.5) is 0 Å². The Labute approximate surface area is 233 Å². The zero-order valence-electron chi connectivity index (χ0n) is 23.0. The van der Waals surface area contributed by atoms with Gasteiger partial charge in [-0.1, -0.05) is 6.07 Å². The number of nitrogens with zero attached hydrogens (tertiary/aromatic N) is 2. The average molecular weight is 557 g/mol. The van der Waals surface area contributed by atoms with Crippen LogP contribution in [-0.4, -0.2) is 90.5 Å². The Kier molecular flexibility index (Phi) is 10.9. The van der Waals surface area contributed by atoms with Gasteiger partial charge in [0.15, 0.2) is 11.5 Å². The van der Waals surface area contributed by atoms with E-state index < -0.39 is 18.0 Å². The van der Waals surface area contributed by atoms with E-state index in [1.54, 1.807) is 21.3 Å². The summed E-state index contributed by atoms with van der Waals surface area (Å²) in [6, 6.07) is 9.70. The molecule has 2 aliphatic rings. The van der Waals surface area contributed by atoms with E-state index in [9.17, 15) is 19.5 Å². The van der Waals surface area contributed by atoms with Crippen molar-refractivity contribution in [2.45, 2.75) is 31.9 Å². The van der Waals surface area contributed by atoms with E-state index >= 15 is 0 Å². The van der Waals surface area contributed by atoms with Gasteiger partial charge >= 0.3 is 11.9 Å². The van der Waals surface area contributed by atoms with Crippen LogP contribution in [0.5, 0.6) is 17.2 Å². The molecule has 40 heavy (non-hydrogen) atoms. The second-order valence-electron chi connectivity index (χ2n) is 9.43. The Morgan fingerprint density at radius 2 is 1.50 bits per heavy atom. The number of benzene rings is 2. The number of carbonyl (C=O) groups excluding carboxylic acids is 1. The SMILES string of the molecule is COc1cc(CN2CCN(C(=O)c3ccc4c(c3)CCCC4O)CC2)cc(OC)c1OC.O=C(O)/C=C/C(=O)O. The number of piperazine rings is 1. The number of hydrogen-bond donors (Lipinski definition) is 3. The van der Waals surface area contributed by atoms with Crippen LogP contribution in [0, 0.1) is 0 Å². The highest BCUT2D eigenvalue weighted by molar-refractivity contribution is 5.94. The maximum Gasteiger partial charge on any atom is 0.328 e. The molecule has 1 saturated heterocycles. The second-order valence-corrected chi connectivity index (χ2v) is 9.43. The summed E-state index contributed by atoms with van der Waals surface area (Å²) >= 11 is 0. The number of fused-ring (bicyclic) bond motifs is 1. The standard InChI is InChI=1S/C25H32N2O5.C4H4O4/c1-30-22-13-17(14-23(31-2)24(22)32-3)16-26-9-11-27(12-10-26)25(29)19-7-8-20-18(15-19)5-4-6-21(20)28;5-3(6)1-2-4(7)8/h7-8,13-15,21,28H,4-6,9-12,16H2,1-3H3;1-2H,(H,5,6)(H,7,8)/b;2-1+. The zero-order valence-corrected chi connectivity index (χ0v) is 23.0. The highest BCUT2D eigenvalue weighted by Crippen LogP contribution is 2.38. The van der Waals surface area contributed by atoms with Gasteiger partial charge in [0.1, 0.15) is 0 Å². The first-order valence-electron chi connectivity index (χ1n) is 12.9. The molecule has 1 fully saturated rings. The van der Waals surface area contributed by atoms with Crippen LogP contribution in [-0.2, 0) is 22.6 Å². The quantitative estimate of drug-likeness (QED) is 0.415. The van der Waals surface area contributed by atoms with Gasteiger partial charge in [-0.3, -0.25) is 9.69 Å². The van der Waals surface area contributed by atoms with Gasteiger partial charge in [0, 0.05) is 50.4 Å². The minimum Gasteiger partial charge on any atom is -0.493 e. The van der Waals surface area contributed by atoms with Crippen molar-refractivity contribution in [3.63, 3.8) is 0 Å². The Balaban J connectivity index is 0.000000482. The fourth-order valence-electron chi connectivity index (χ4n) is 4.84. The summed E-state index contributed by atoms with van der Waals surface area (Å²) < 4.78 is 16.3. The lowest BCUT2D eigenvalue weighted by Crippen LogP contribution is -2.48. The number of aryl methyl sites for hydroxylation is 1. The summed E-state index contributed by atoms with van der Waals surface area (Å²) in [6.45, 7) is 3.71. The highest BCUT2D eigenvalue weighted by Gasteiger charge is 2.25. The molecule has 1 amide bonds. The van der Waals surface area contributed by atoms with Gasteiger partial charge in [0.25, 0.3) is 5.91 Å². The van der Waals surface area contributed by atoms with E-state index in [1.807, 2.05) is 35.2 Å². The van der Waals surface area contributed by atoms with Crippen molar-refractivity contribution in [1.29, 1.82) is 0 Å². The first kappa shape index (κ1) is 30.5. The van der Waals surface area contributed by atoms with Crippen molar-refractivity contribution < 1.29 is 43.9 Å². The molecule has 0 bridgehead atoms. The Hall–Kier alpha value is -4.09. The smallest absolute Gasteiger partial charge is 0.328 e. The molecule has 1 aliphatic carbocycles. The third-order valence-corrected chi connectivity index (χ3v) is 6.83. The molecule has 3 N–H and O–H groups in total. The molecule has 0 radical (unpaired) electrons. The second kappa shape index (κ2) is 14.3. The molecule has 11 nitrogen and oxygen atoms in total. The third-order valence-electron chi connectivity index (χ3n) is 6.83. The van der Waals surface area contributed by atoms with Crippen LogP contribution < -0.4 is 14.2 Å². The Morgan fingerprint density at radius 3 is 2.02 bits per heavy atom. The molecule has 2 aromatic rings. The van der Waals surface area contributed by atoms with Gasteiger partial charge in [-0.2, -0.15) is 0 Å². The number of ether oxygens (including phenoxy) is 3. The summed E-state index contributed by atoms with van der Waals surface area (Å²) in [7, 11) is 4.83. The number of aliphatic hydroxyl groups is 1. The van der Waals surface area contributed by atoms with Crippen LogP contribution >= 0.6 is 0 Å². The van der Waals surface area contributed by atoms with Crippen molar-refractivity contribution in [1.82, 2.24) is 9.80 Å². The minimum absolute atomic E-state index is 0.0697. The van der Waals surface area contributed by atoms with E-state index in [2.05, 4.69) is 4.90 Å². The monoisotopic (exact) mass is 556 g/mol. The van der Waals surface area contributed by atoms with Crippen molar-refractivity contribution in [3.8, 4) is 17.2 Å². The molecular formula is C29H36N2O9. The Morgan fingerprint density at radius 1 is 0.900 bits per heavy atom. The highest BCUT2D eigenvalue weighted by atomic mass is 16.5. The van der Waals surface area contributed by atoms with Crippen molar-refractivity contribution in [2.75, 3.05) is 47.5 Å². The largest absolute Gasteiger partial charge is 0.493 e. The summed E-state index contributed by atoms with van der Waals surface area (Å²) in [5, 5.41) is 25.8. The summed E-state index contributed by atoms with van der Waals surface area (Å²) in [6.07, 6.45) is 3.40. The molecule has 1 unspecified atom stereocenters. The maximum atomic E-state index is 13.1. The molecule has 1 heterocycles. The lowest BCUT2D eigenvalue weighted by atomic mass is 9.88. The lowest BCUT2D eigenvalue weighted by molar-refractivity contribution is -0.134. The number of methoxy groups -OCH3 is 3. The van der Waals surface area contributed by atoms with Crippen LogP contribution in [0.3, 0.4) is 0 Å². The molecular weight excluding hydrogens is 520 g/mol. The van der Waals surface area contributed by atoms with E-state index in [0.717, 1.165) is 61.2 Å². The zero-order chi connectivity index (χ0) is 29.2. The molecule has 4 rings (SSSR count). The summed E-state index contributed by atoms with van der Waals surface area (Å²) in [5.74, 6) is -0.562. The first-order valence-corrected chi connectivity index (χ1v) is 12.9. The van der Waals surface area contributed by atoms with Crippen molar-refractivity contribution >= 4 is 17.8 Å². The van der Waals surface area contributed by atoms with E-state index in [4.69, 9.17) is 24.4 Å². The molecule has 0 aromatic heterocycles. The predicted octanol–water partition coefficient (Wildman–Crippen LogP) is 2.75. The Bertz CT molecular complexity index is 1200. The predicted molar refractivity (Wildman–Crippen MR) is 146 cm³/mol. The van der Waals surface area contributed by atoms with Crippen LogP contribution in [0.25, 0.3) is 0 Å². The first-order chi connectivity index (χ1) is 19.2. The van der Waals surface area contributed by atoms with Crippen LogP contribution in [0.2, 0.25) is 0 Å². The van der Waals surface area contributed by atoms with Crippen LogP contribution in [0.1, 0.15) is 46.0 Å². The molecule has 216 valence electrons. The number of hydrogen-bond acceptors (Lipinski definition) is 8. The summed E-state index contributed by atoms with van der Waals surface area (Å²) in [5.41, 5.74) is 3.88. The lowest BCUT2D eigenvalue weighted by Gasteiger charge is -2.35. The molecule has 0 spiro atoms. The number of carbonyl (C=O) groups is 3. The minimum atomic E-state index is -1.26. The molecule has 0 saturated carbocycles. The third kappa shape index (κ3) is 7.96. The topological polar surface area (TPSA) is 146 Å². The number of aliphatic carboxylic acids is 2. The number of amides is 1. The van der Waals surface area contributed by atoms with Gasteiger partial charge in [-0.15, -0.1) is 0 Å². The van der Waals surface area contributed by atoms with Gasteiger partial charge < -0.3 is 34.4 Å². The van der Waals surface area contributed by atoms with Gasteiger partial charge in [-0.05, 0) is 60.2 Å². The molecule has 2 aromatic carbocycles. The van der Waals surface area contributed by atoms with Gasteiger partial charge in [0.05, 0.1) is 27.4 Å².